The monoisotopic (exact) mass is 220 g/mol. The Labute approximate surface area is 97.0 Å². The third-order valence-corrected chi connectivity index (χ3v) is 3.50. The molecular formula is C13H20N2O. The molecule has 0 spiro atoms. The first-order valence-electron chi connectivity index (χ1n) is 5.90. The van der Waals surface area contributed by atoms with E-state index in [9.17, 15) is 0 Å². The summed E-state index contributed by atoms with van der Waals surface area (Å²) in [6.07, 6.45) is 4.03. The maximum Gasteiger partial charge on any atom is 0.121 e. The molecular weight excluding hydrogens is 200 g/mol. The summed E-state index contributed by atoms with van der Waals surface area (Å²) >= 11 is 0. The zero-order chi connectivity index (χ0) is 11.5. The molecule has 1 aromatic rings. The smallest absolute Gasteiger partial charge is 0.121 e. The molecule has 3 N–H and O–H groups in total. The highest BCUT2D eigenvalue weighted by molar-refractivity contribution is 5.68. The van der Waals surface area contributed by atoms with Crippen molar-refractivity contribution in [2.45, 2.75) is 32.2 Å². The van der Waals surface area contributed by atoms with E-state index >= 15 is 0 Å². The lowest BCUT2D eigenvalue weighted by molar-refractivity contribution is 0.285. The fourth-order valence-corrected chi connectivity index (χ4v) is 2.09. The molecule has 1 aliphatic carbocycles. The van der Waals surface area contributed by atoms with E-state index in [0.29, 0.717) is 6.04 Å². The van der Waals surface area contributed by atoms with Crippen molar-refractivity contribution >= 4 is 11.4 Å². The van der Waals surface area contributed by atoms with E-state index in [-0.39, 0.29) is 0 Å². The van der Waals surface area contributed by atoms with Gasteiger partial charge in [-0.2, -0.15) is 0 Å². The summed E-state index contributed by atoms with van der Waals surface area (Å²) in [5, 5.41) is 3.48. The van der Waals surface area contributed by atoms with Crippen LogP contribution in [0.25, 0.3) is 0 Å². The molecule has 1 aromatic carbocycles. The Morgan fingerprint density at radius 3 is 2.75 bits per heavy atom. The number of rotatable bonds is 4. The lowest BCUT2D eigenvalue weighted by atomic mass is 9.80. The van der Waals surface area contributed by atoms with Crippen molar-refractivity contribution in [2.24, 2.45) is 5.92 Å². The van der Waals surface area contributed by atoms with Gasteiger partial charge in [-0.1, -0.05) is 6.42 Å². The minimum absolute atomic E-state index is 0.489. The Kier molecular flexibility index (Phi) is 3.22. The highest BCUT2D eigenvalue weighted by Crippen LogP contribution is 2.33. The number of ether oxygens (including phenoxy) is 1. The molecule has 0 amide bonds. The van der Waals surface area contributed by atoms with Gasteiger partial charge in [0.15, 0.2) is 0 Å². The molecule has 3 nitrogen and oxygen atoms in total. The van der Waals surface area contributed by atoms with Crippen molar-refractivity contribution in [3.05, 3.63) is 18.2 Å². The second-order valence-electron chi connectivity index (χ2n) is 4.58. The van der Waals surface area contributed by atoms with Crippen molar-refractivity contribution in [3.63, 3.8) is 0 Å². The number of hydrogen-bond acceptors (Lipinski definition) is 3. The summed E-state index contributed by atoms with van der Waals surface area (Å²) in [6.45, 7) is 2.22. The summed E-state index contributed by atoms with van der Waals surface area (Å²) < 4.78 is 5.20. The van der Waals surface area contributed by atoms with Gasteiger partial charge in [0.25, 0.3) is 0 Å². The van der Waals surface area contributed by atoms with Gasteiger partial charge in [0.05, 0.1) is 18.5 Å². The summed E-state index contributed by atoms with van der Waals surface area (Å²) in [7, 11) is 1.67. The molecule has 0 aliphatic heterocycles. The first kappa shape index (κ1) is 11.1. The minimum atomic E-state index is 0.489. The largest absolute Gasteiger partial charge is 0.497 e. The molecule has 16 heavy (non-hydrogen) atoms. The molecule has 3 heteroatoms. The molecule has 0 radical (unpaired) electrons. The van der Waals surface area contributed by atoms with E-state index in [2.05, 4.69) is 12.2 Å². The van der Waals surface area contributed by atoms with Crippen LogP contribution in [0.15, 0.2) is 18.2 Å². The van der Waals surface area contributed by atoms with Crippen LogP contribution in [-0.4, -0.2) is 13.2 Å². The van der Waals surface area contributed by atoms with Crippen LogP contribution in [0.2, 0.25) is 0 Å². The van der Waals surface area contributed by atoms with Crippen LogP contribution >= 0.6 is 0 Å². The standard InChI is InChI=1S/C13H20N2O/c1-9(10-4-3-5-10)15-13-8-11(16-2)6-7-12(13)14/h6-10,15H,3-5,14H2,1-2H3. The van der Waals surface area contributed by atoms with Gasteiger partial charge >= 0.3 is 0 Å². The molecule has 1 unspecified atom stereocenters. The Morgan fingerprint density at radius 1 is 1.44 bits per heavy atom. The minimum Gasteiger partial charge on any atom is -0.497 e. The molecule has 2 rings (SSSR count). The zero-order valence-electron chi connectivity index (χ0n) is 9.99. The van der Waals surface area contributed by atoms with Crippen molar-refractivity contribution in [3.8, 4) is 5.75 Å². The van der Waals surface area contributed by atoms with Crippen LogP contribution in [-0.2, 0) is 0 Å². The van der Waals surface area contributed by atoms with Crippen LogP contribution in [0.3, 0.4) is 0 Å². The predicted octanol–water partition coefficient (Wildman–Crippen LogP) is 2.88. The van der Waals surface area contributed by atoms with Gasteiger partial charge in [-0.15, -0.1) is 0 Å². The molecule has 88 valence electrons. The van der Waals surface area contributed by atoms with Gasteiger partial charge < -0.3 is 15.8 Å². The Bertz CT molecular complexity index is 361. The highest BCUT2D eigenvalue weighted by atomic mass is 16.5. The van der Waals surface area contributed by atoms with Crippen LogP contribution < -0.4 is 15.8 Å². The average Bonchev–Trinajstić information content (AvgIpc) is 2.18. The van der Waals surface area contributed by atoms with E-state index in [4.69, 9.17) is 10.5 Å². The number of nitrogens with two attached hydrogens (primary N) is 1. The first-order valence-corrected chi connectivity index (χ1v) is 5.90. The topological polar surface area (TPSA) is 47.3 Å². The fraction of sp³-hybridized carbons (Fsp3) is 0.538. The Balaban J connectivity index is 2.06. The van der Waals surface area contributed by atoms with Crippen molar-refractivity contribution in [1.82, 2.24) is 0 Å². The van der Waals surface area contributed by atoms with Crippen LogP contribution in [0, 0.1) is 5.92 Å². The second kappa shape index (κ2) is 4.64. The summed E-state index contributed by atoms with van der Waals surface area (Å²) in [5.41, 5.74) is 7.70. The SMILES string of the molecule is COc1ccc(N)c(NC(C)C2CCC2)c1. The van der Waals surface area contributed by atoms with E-state index in [1.54, 1.807) is 7.11 Å². The van der Waals surface area contributed by atoms with Crippen LogP contribution in [0.5, 0.6) is 5.75 Å². The third-order valence-electron chi connectivity index (χ3n) is 3.50. The number of hydrogen-bond donors (Lipinski definition) is 2. The van der Waals surface area contributed by atoms with Crippen molar-refractivity contribution in [1.29, 1.82) is 0 Å². The summed E-state index contributed by atoms with van der Waals surface area (Å²) in [4.78, 5) is 0. The molecule has 0 aromatic heterocycles. The molecule has 1 aliphatic rings. The number of benzene rings is 1. The number of methoxy groups -OCH3 is 1. The van der Waals surface area contributed by atoms with Gasteiger partial charge in [0, 0.05) is 12.1 Å². The number of anilines is 2. The second-order valence-corrected chi connectivity index (χ2v) is 4.58. The van der Waals surface area contributed by atoms with Crippen LogP contribution in [0.1, 0.15) is 26.2 Å². The zero-order valence-corrected chi connectivity index (χ0v) is 9.99. The Hall–Kier alpha value is -1.38. The number of nitrogen functional groups attached to an aromatic ring is 1. The lowest BCUT2D eigenvalue weighted by Crippen LogP contribution is -2.31. The fourth-order valence-electron chi connectivity index (χ4n) is 2.09. The third kappa shape index (κ3) is 2.23. The molecule has 0 heterocycles. The van der Waals surface area contributed by atoms with Gasteiger partial charge in [-0.25, -0.2) is 0 Å². The highest BCUT2D eigenvalue weighted by Gasteiger charge is 2.24. The van der Waals surface area contributed by atoms with Crippen LogP contribution in [0.4, 0.5) is 11.4 Å². The molecule has 0 bridgehead atoms. The first-order chi connectivity index (χ1) is 7.70. The Morgan fingerprint density at radius 2 is 2.19 bits per heavy atom. The van der Waals surface area contributed by atoms with Gasteiger partial charge in [-0.3, -0.25) is 0 Å². The maximum absolute atomic E-state index is 5.93. The molecule has 1 fully saturated rings. The quantitative estimate of drug-likeness (QED) is 0.767. The number of nitrogens with one attached hydrogen (secondary N) is 1. The summed E-state index contributed by atoms with van der Waals surface area (Å²) in [5.74, 6) is 1.64. The normalized spacial score (nSPS) is 17.6. The van der Waals surface area contributed by atoms with E-state index < -0.39 is 0 Å². The predicted molar refractivity (Wildman–Crippen MR) is 67.8 cm³/mol. The van der Waals surface area contributed by atoms with Crippen molar-refractivity contribution < 1.29 is 4.74 Å². The molecule has 1 saturated carbocycles. The van der Waals surface area contributed by atoms with Gasteiger partial charge in [-0.05, 0) is 37.8 Å². The molecule has 0 saturated heterocycles. The maximum atomic E-state index is 5.93. The van der Waals surface area contributed by atoms with E-state index in [1.807, 2.05) is 18.2 Å². The average molecular weight is 220 g/mol. The van der Waals surface area contributed by atoms with Crippen molar-refractivity contribution in [2.75, 3.05) is 18.2 Å². The van der Waals surface area contributed by atoms with E-state index in [1.165, 1.54) is 19.3 Å². The van der Waals surface area contributed by atoms with E-state index in [0.717, 1.165) is 23.0 Å². The van der Waals surface area contributed by atoms with Gasteiger partial charge in [0.2, 0.25) is 0 Å². The summed E-state index contributed by atoms with van der Waals surface area (Å²) in [6, 6.07) is 6.22. The van der Waals surface area contributed by atoms with Gasteiger partial charge in [0.1, 0.15) is 5.75 Å². The molecule has 1 atom stereocenters. The lowest BCUT2D eigenvalue weighted by Gasteiger charge is -2.32.